The Morgan fingerprint density at radius 1 is 1.22 bits per heavy atom. The lowest BCUT2D eigenvalue weighted by Gasteiger charge is -2.15. The third-order valence-corrected chi connectivity index (χ3v) is 3.75. The van der Waals surface area contributed by atoms with Gasteiger partial charge in [0.1, 0.15) is 0 Å². The molecule has 0 aliphatic heterocycles. The summed E-state index contributed by atoms with van der Waals surface area (Å²) >= 11 is 0. The highest BCUT2D eigenvalue weighted by Crippen LogP contribution is 2.32. The van der Waals surface area contributed by atoms with Gasteiger partial charge in [0.25, 0.3) is 0 Å². The maximum absolute atomic E-state index is 10.2. The zero-order chi connectivity index (χ0) is 16.8. The minimum absolute atomic E-state index is 0.210. The van der Waals surface area contributed by atoms with Gasteiger partial charge in [0.15, 0.2) is 11.5 Å². The van der Waals surface area contributed by atoms with E-state index in [1.54, 1.807) is 6.08 Å². The molecule has 2 aromatic carbocycles. The van der Waals surface area contributed by atoms with Crippen molar-refractivity contribution in [3.8, 4) is 11.5 Å². The number of anilines is 1. The third kappa shape index (κ3) is 4.28. The number of benzene rings is 2. The van der Waals surface area contributed by atoms with Crippen molar-refractivity contribution in [2.75, 3.05) is 11.9 Å². The molecule has 0 fully saturated rings. The molecule has 3 nitrogen and oxygen atoms in total. The number of aromatic hydroxyl groups is 1. The zero-order valence-corrected chi connectivity index (χ0v) is 14.1. The van der Waals surface area contributed by atoms with E-state index < -0.39 is 0 Å². The first-order valence-electron chi connectivity index (χ1n) is 7.94. The lowest BCUT2D eigenvalue weighted by atomic mass is 10.0. The largest absolute Gasteiger partial charge is 0.504 e. The normalized spacial score (nSPS) is 10.4. The maximum Gasteiger partial charge on any atom is 0.161 e. The monoisotopic (exact) mass is 311 g/mol. The zero-order valence-electron chi connectivity index (χ0n) is 14.1. The average Bonchev–Trinajstić information content (AvgIpc) is 2.53. The van der Waals surface area contributed by atoms with E-state index in [0.29, 0.717) is 25.3 Å². The first-order valence-corrected chi connectivity index (χ1v) is 7.94. The smallest absolute Gasteiger partial charge is 0.161 e. The van der Waals surface area contributed by atoms with Crippen LogP contribution in [-0.4, -0.2) is 11.7 Å². The fourth-order valence-electron chi connectivity index (χ4n) is 2.53. The molecule has 2 N–H and O–H groups in total. The summed E-state index contributed by atoms with van der Waals surface area (Å²) in [6.07, 6.45) is 2.40. The van der Waals surface area contributed by atoms with Crippen LogP contribution < -0.4 is 10.1 Å². The number of hydrogen-bond acceptors (Lipinski definition) is 3. The molecule has 0 aliphatic carbocycles. The molecule has 0 saturated heterocycles. The van der Waals surface area contributed by atoms with Crippen molar-refractivity contribution in [1.29, 1.82) is 0 Å². The number of hydrogen-bond donors (Lipinski definition) is 2. The highest BCUT2D eigenvalue weighted by Gasteiger charge is 2.10. The lowest BCUT2D eigenvalue weighted by Crippen LogP contribution is -2.03. The molecular weight excluding hydrogens is 286 g/mol. The topological polar surface area (TPSA) is 41.5 Å². The number of allylic oxidation sites excluding steroid dienone is 1. The van der Waals surface area contributed by atoms with Crippen molar-refractivity contribution in [3.63, 3.8) is 0 Å². The van der Waals surface area contributed by atoms with E-state index in [1.165, 1.54) is 11.1 Å². The second kappa shape index (κ2) is 7.73. The van der Waals surface area contributed by atoms with E-state index in [-0.39, 0.29) is 5.75 Å². The molecule has 0 heterocycles. The van der Waals surface area contributed by atoms with Crippen molar-refractivity contribution >= 4 is 5.69 Å². The van der Waals surface area contributed by atoms with E-state index in [1.807, 2.05) is 19.1 Å². The molecule has 3 heteroatoms. The van der Waals surface area contributed by atoms with Gasteiger partial charge in [0, 0.05) is 17.8 Å². The van der Waals surface area contributed by atoms with Gasteiger partial charge in [-0.3, -0.25) is 0 Å². The van der Waals surface area contributed by atoms with Crippen LogP contribution in [0.2, 0.25) is 0 Å². The summed E-state index contributed by atoms with van der Waals surface area (Å²) in [6, 6.07) is 10.3. The summed E-state index contributed by atoms with van der Waals surface area (Å²) in [5, 5.41) is 13.7. The number of phenolic OH excluding ortho intramolecular Hbond substituents is 1. The van der Waals surface area contributed by atoms with Crippen LogP contribution >= 0.6 is 0 Å². The highest BCUT2D eigenvalue weighted by atomic mass is 16.5. The second-order valence-corrected chi connectivity index (χ2v) is 5.70. The van der Waals surface area contributed by atoms with Crippen molar-refractivity contribution in [2.45, 2.75) is 33.7 Å². The van der Waals surface area contributed by atoms with E-state index >= 15 is 0 Å². The summed E-state index contributed by atoms with van der Waals surface area (Å²) in [7, 11) is 0. The number of nitrogens with one attached hydrogen (secondary N) is 1. The molecule has 122 valence electrons. The van der Waals surface area contributed by atoms with E-state index in [0.717, 1.165) is 16.8 Å². The van der Waals surface area contributed by atoms with Crippen LogP contribution in [0.15, 0.2) is 43.0 Å². The molecule has 0 aromatic heterocycles. The maximum atomic E-state index is 10.2. The molecule has 0 bridgehead atoms. The first kappa shape index (κ1) is 16.9. The number of ether oxygens (including phenoxy) is 1. The Hall–Kier alpha value is -2.42. The molecule has 0 aliphatic rings. The summed E-state index contributed by atoms with van der Waals surface area (Å²) in [5.41, 5.74) is 5.48. The van der Waals surface area contributed by atoms with Crippen LogP contribution in [0.1, 0.15) is 29.2 Å². The molecule has 0 saturated carbocycles. The Kier molecular flexibility index (Phi) is 5.69. The molecule has 23 heavy (non-hydrogen) atoms. The van der Waals surface area contributed by atoms with Crippen LogP contribution in [0.3, 0.4) is 0 Å². The highest BCUT2D eigenvalue weighted by molar-refractivity contribution is 5.54. The van der Waals surface area contributed by atoms with Gasteiger partial charge in [0.05, 0.1) is 6.61 Å². The van der Waals surface area contributed by atoms with E-state index in [4.69, 9.17) is 4.74 Å². The Morgan fingerprint density at radius 2 is 2.00 bits per heavy atom. The van der Waals surface area contributed by atoms with Crippen molar-refractivity contribution in [1.82, 2.24) is 0 Å². The fourth-order valence-corrected chi connectivity index (χ4v) is 2.53. The number of phenols is 1. The van der Waals surface area contributed by atoms with Crippen molar-refractivity contribution in [3.05, 3.63) is 65.2 Å². The quantitative estimate of drug-likeness (QED) is 0.725. The van der Waals surface area contributed by atoms with Gasteiger partial charge in [-0.2, -0.15) is 0 Å². The van der Waals surface area contributed by atoms with E-state index in [2.05, 4.69) is 43.9 Å². The Bertz CT molecular complexity index is 692. The molecule has 0 radical (unpaired) electrons. The number of rotatable bonds is 7. The molecule has 2 rings (SSSR count). The summed E-state index contributed by atoms with van der Waals surface area (Å²) in [4.78, 5) is 0. The van der Waals surface area contributed by atoms with Crippen LogP contribution in [0.4, 0.5) is 5.69 Å². The Balaban J connectivity index is 2.24. The van der Waals surface area contributed by atoms with Gasteiger partial charge in [0.2, 0.25) is 0 Å². The molecule has 0 unspecified atom stereocenters. The molecule has 0 spiro atoms. The fraction of sp³-hybridized carbons (Fsp3) is 0.300. The lowest BCUT2D eigenvalue weighted by molar-refractivity contribution is 0.316. The van der Waals surface area contributed by atoms with Crippen LogP contribution in [-0.2, 0) is 13.0 Å². The standard InChI is InChI=1S/C20H25NO2/c1-5-7-17-11-16(12-19(20(17)22)23-6-2)13-21-18-10-14(3)8-9-15(18)4/h5,8-12,21-22H,1,6-7,13H2,2-4H3. The van der Waals surface area contributed by atoms with Gasteiger partial charge in [-0.05, 0) is 62.1 Å². The summed E-state index contributed by atoms with van der Waals surface area (Å²) in [5.74, 6) is 0.742. The SMILES string of the molecule is C=CCc1cc(CNc2cc(C)ccc2C)cc(OCC)c1O. The van der Waals surface area contributed by atoms with Gasteiger partial charge in [-0.1, -0.05) is 18.2 Å². The molecule has 2 aromatic rings. The molecular formula is C20H25NO2. The summed E-state index contributed by atoms with van der Waals surface area (Å²) < 4.78 is 5.55. The Labute approximate surface area is 138 Å². The van der Waals surface area contributed by atoms with Crippen molar-refractivity contribution < 1.29 is 9.84 Å². The van der Waals surface area contributed by atoms with Gasteiger partial charge >= 0.3 is 0 Å². The van der Waals surface area contributed by atoms with Gasteiger partial charge in [-0.25, -0.2) is 0 Å². The average molecular weight is 311 g/mol. The second-order valence-electron chi connectivity index (χ2n) is 5.70. The van der Waals surface area contributed by atoms with Crippen LogP contribution in [0.25, 0.3) is 0 Å². The predicted molar refractivity (Wildman–Crippen MR) is 96.4 cm³/mol. The molecule has 0 atom stereocenters. The minimum Gasteiger partial charge on any atom is -0.504 e. The van der Waals surface area contributed by atoms with Crippen molar-refractivity contribution in [2.24, 2.45) is 0 Å². The summed E-state index contributed by atoms with van der Waals surface area (Å²) in [6.45, 7) is 11.0. The van der Waals surface area contributed by atoms with Crippen LogP contribution in [0.5, 0.6) is 11.5 Å². The minimum atomic E-state index is 0.210. The Morgan fingerprint density at radius 3 is 2.70 bits per heavy atom. The third-order valence-electron chi connectivity index (χ3n) is 3.75. The van der Waals surface area contributed by atoms with E-state index in [9.17, 15) is 5.11 Å². The molecule has 0 amide bonds. The van der Waals surface area contributed by atoms with Crippen LogP contribution in [0, 0.1) is 13.8 Å². The predicted octanol–water partition coefficient (Wildman–Crippen LogP) is 4.75. The number of aryl methyl sites for hydroxylation is 2. The van der Waals surface area contributed by atoms with Gasteiger partial charge in [-0.15, -0.1) is 6.58 Å². The first-order chi connectivity index (χ1) is 11.0. The van der Waals surface area contributed by atoms with Gasteiger partial charge < -0.3 is 15.2 Å².